The monoisotopic (exact) mass is 397 g/mol. The number of nitrogens with one attached hydrogen (secondary N) is 1. The van der Waals surface area contributed by atoms with Crippen molar-refractivity contribution in [3.63, 3.8) is 0 Å². The Balaban J connectivity index is 1.46. The van der Waals surface area contributed by atoms with Crippen LogP contribution in [0.1, 0.15) is 25.3 Å². The van der Waals surface area contributed by atoms with Crippen LogP contribution in [0.5, 0.6) is 0 Å². The van der Waals surface area contributed by atoms with E-state index in [1.807, 2.05) is 36.9 Å². The lowest BCUT2D eigenvalue weighted by molar-refractivity contribution is -0.135. The molecule has 3 heterocycles. The summed E-state index contributed by atoms with van der Waals surface area (Å²) in [6.07, 6.45) is 3.49. The number of aromatic amines is 1. The van der Waals surface area contributed by atoms with Crippen LogP contribution in [0, 0.1) is 0 Å². The molecule has 2 saturated heterocycles. The number of rotatable bonds is 6. The van der Waals surface area contributed by atoms with Crippen LogP contribution < -0.4 is 0 Å². The number of likely N-dealkylation sites (N-methyl/N-ethyl adjacent to an activating group) is 2. The molecule has 0 radical (unpaired) electrons. The molecule has 0 atom stereocenters. The molecule has 156 valence electrons. The van der Waals surface area contributed by atoms with Crippen LogP contribution in [0.4, 0.5) is 4.79 Å². The van der Waals surface area contributed by atoms with Crippen molar-refractivity contribution in [2.24, 2.45) is 0 Å². The van der Waals surface area contributed by atoms with Crippen LogP contribution in [-0.2, 0) is 11.3 Å². The third-order valence-corrected chi connectivity index (χ3v) is 6.46. The quantitative estimate of drug-likeness (QED) is 0.760. The van der Waals surface area contributed by atoms with Gasteiger partial charge in [0.15, 0.2) is 0 Å². The van der Waals surface area contributed by atoms with E-state index in [9.17, 15) is 9.59 Å². The summed E-state index contributed by atoms with van der Waals surface area (Å²) in [7, 11) is 3.92. The van der Waals surface area contributed by atoms with Gasteiger partial charge in [-0.15, -0.1) is 0 Å². The average Bonchev–Trinajstić information content (AvgIpc) is 3.20. The topological polar surface area (TPSA) is 62.9 Å². The molecule has 2 aliphatic heterocycles. The zero-order valence-corrected chi connectivity index (χ0v) is 17.6. The number of imide groups is 1. The van der Waals surface area contributed by atoms with Crippen molar-refractivity contribution in [2.45, 2.75) is 31.8 Å². The number of aromatic nitrogens is 1. The molecule has 7 heteroatoms. The number of carbonyl (C=O) groups is 2. The van der Waals surface area contributed by atoms with E-state index in [4.69, 9.17) is 0 Å². The van der Waals surface area contributed by atoms with Gasteiger partial charge >= 0.3 is 6.03 Å². The highest BCUT2D eigenvalue weighted by molar-refractivity contribution is 6.07. The minimum absolute atomic E-state index is 0.00190. The summed E-state index contributed by atoms with van der Waals surface area (Å²) in [4.78, 5) is 37.2. The number of hydrogen-bond acceptors (Lipinski definition) is 4. The Morgan fingerprint density at radius 1 is 1.14 bits per heavy atom. The van der Waals surface area contributed by atoms with Crippen molar-refractivity contribution in [1.82, 2.24) is 24.6 Å². The van der Waals surface area contributed by atoms with Crippen LogP contribution in [0.2, 0.25) is 0 Å². The summed E-state index contributed by atoms with van der Waals surface area (Å²) in [6.45, 7) is 6.19. The maximum Gasteiger partial charge on any atom is 0.327 e. The summed E-state index contributed by atoms with van der Waals surface area (Å²) in [5, 5.41) is 1.25. The van der Waals surface area contributed by atoms with Crippen LogP contribution in [0.3, 0.4) is 0 Å². The zero-order valence-electron chi connectivity index (χ0n) is 17.6. The normalized spacial score (nSPS) is 20.0. The van der Waals surface area contributed by atoms with Crippen molar-refractivity contribution in [1.29, 1.82) is 0 Å². The fourth-order valence-electron chi connectivity index (χ4n) is 4.79. The Morgan fingerprint density at radius 2 is 1.86 bits per heavy atom. The molecule has 0 bridgehead atoms. The van der Waals surface area contributed by atoms with Gasteiger partial charge in [0.25, 0.3) is 5.91 Å². The third kappa shape index (κ3) is 3.42. The lowest BCUT2D eigenvalue weighted by Crippen LogP contribution is -2.56. The van der Waals surface area contributed by atoms with Gasteiger partial charge in [0.05, 0.1) is 0 Å². The first-order chi connectivity index (χ1) is 14.0. The van der Waals surface area contributed by atoms with Crippen LogP contribution in [0.15, 0.2) is 30.5 Å². The number of carbonyl (C=O) groups excluding carboxylic acids is 2. The fourth-order valence-corrected chi connectivity index (χ4v) is 4.79. The molecule has 29 heavy (non-hydrogen) atoms. The maximum absolute atomic E-state index is 13.3. The molecule has 2 aromatic rings. The lowest BCUT2D eigenvalue weighted by Gasteiger charge is -2.41. The van der Waals surface area contributed by atoms with Gasteiger partial charge in [-0.05, 0) is 45.5 Å². The number of piperidine rings is 1. The molecule has 2 aliphatic rings. The van der Waals surface area contributed by atoms with E-state index in [0.717, 1.165) is 25.2 Å². The molecule has 0 saturated carbocycles. The number of fused-ring (bicyclic) bond motifs is 1. The fraction of sp³-hybridized carbons (Fsp3) is 0.545. The molecule has 4 rings (SSSR count). The number of urea groups is 1. The highest BCUT2D eigenvalue weighted by Crippen LogP contribution is 2.37. The van der Waals surface area contributed by atoms with Crippen molar-refractivity contribution in [2.75, 3.05) is 46.8 Å². The number of hydrogen-bond donors (Lipinski definition) is 1. The van der Waals surface area contributed by atoms with E-state index >= 15 is 0 Å². The molecule has 1 aromatic carbocycles. The van der Waals surface area contributed by atoms with Crippen LogP contribution in [-0.4, -0.2) is 88.9 Å². The number of benzene rings is 1. The van der Waals surface area contributed by atoms with E-state index in [2.05, 4.69) is 34.3 Å². The van der Waals surface area contributed by atoms with Crippen molar-refractivity contribution < 1.29 is 9.59 Å². The third-order valence-electron chi connectivity index (χ3n) is 6.46. The molecule has 7 nitrogen and oxygen atoms in total. The molecule has 1 spiro atoms. The van der Waals surface area contributed by atoms with Gasteiger partial charge in [-0.3, -0.25) is 14.6 Å². The predicted molar refractivity (Wildman–Crippen MR) is 114 cm³/mol. The van der Waals surface area contributed by atoms with Gasteiger partial charge in [-0.1, -0.05) is 18.2 Å². The van der Waals surface area contributed by atoms with E-state index in [1.165, 1.54) is 15.8 Å². The Kier molecular flexibility index (Phi) is 5.36. The van der Waals surface area contributed by atoms with Crippen molar-refractivity contribution in [3.8, 4) is 0 Å². The average molecular weight is 398 g/mol. The molecular weight excluding hydrogens is 366 g/mol. The maximum atomic E-state index is 13.3. The SMILES string of the molecule is CCN1C(=O)N(CCN(C)C)C(=O)C12CCN(Cc1c[nH]c3ccccc13)CC2. The molecule has 3 amide bonds. The van der Waals surface area contributed by atoms with Gasteiger partial charge in [-0.25, -0.2) is 4.79 Å². The molecule has 1 N–H and O–H groups in total. The largest absolute Gasteiger partial charge is 0.361 e. The van der Waals surface area contributed by atoms with Gasteiger partial charge in [0.2, 0.25) is 0 Å². The standard InChI is InChI=1S/C22H31N5O2/c1-4-27-21(29)26(14-13-24(2)3)20(28)22(27)9-11-25(12-10-22)16-17-15-23-19-8-6-5-7-18(17)19/h5-8,15,23H,4,9-14,16H2,1-3H3. The molecule has 1 aromatic heterocycles. The first-order valence-corrected chi connectivity index (χ1v) is 10.5. The second-order valence-corrected chi connectivity index (χ2v) is 8.45. The molecule has 0 unspecified atom stereocenters. The molecule has 0 aliphatic carbocycles. The first-order valence-electron chi connectivity index (χ1n) is 10.5. The van der Waals surface area contributed by atoms with Crippen LogP contribution in [0.25, 0.3) is 10.9 Å². The van der Waals surface area contributed by atoms with Gasteiger partial charge in [0.1, 0.15) is 5.54 Å². The number of para-hydroxylation sites is 1. The summed E-state index contributed by atoms with van der Waals surface area (Å²) >= 11 is 0. The lowest BCUT2D eigenvalue weighted by atomic mass is 9.85. The van der Waals surface area contributed by atoms with E-state index in [1.54, 1.807) is 0 Å². The number of H-pyrrole nitrogens is 1. The van der Waals surface area contributed by atoms with Gasteiger partial charge in [-0.2, -0.15) is 0 Å². The minimum Gasteiger partial charge on any atom is -0.361 e. The predicted octanol–water partition coefficient (Wildman–Crippen LogP) is 2.35. The Labute approximate surface area is 172 Å². The minimum atomic E-state index is -0.658. The van der Waals surface area contributed by atoms with Crippen molar-refractivity contribution >= 4 is 22.8 Å². The van der Waals surface area contributed by atoms with E-state index in [-0.39, 0.29) is 11.9 Å². The summed E-state index contributed by atoms with van der Waals surface area (Å²) in [6, 6.07) is 8.22. The second-order valence-electron chi connectivity index (χ2n) is 8.45. The summed E-state index contributed by atoms with van der Waals surface area (Å²) in [5.74, 6) is -0.00190. The Morgan fingerprint density at radius 3 is 2.55 bits per heavy atom. The number of amides is 3. The Hall–Kier alpha value is -2.38. The summed E-state index contributed by atoms with van der Waals surface area (Å²) in [5.41, 5.74) is 1.78. The number of likely N-dealkylation sites (tertiary alicyclic amines) is 1. The second kappa shape index (κ2) is 7.80. The van der Waals surface area contributed by atoms with E-state index in [0.29, 0.717) is 32.5 Å². The van der Waals surface area contributed by atoms with Crippen molar-refractivity contribution in [3.05, 3.63) is 36.0 Å². The van der Waals surface area contributed by atoms with E-state index < -0.39 is 5.54 Å². The Bertz CT molecular complexity index is 897. The first kappa shape index (κ1) is 19.9. The zero-order chi connectivity index (χ0) is 20.6. The molecular formula is C22H31N5O2. The van der Waals surface area contributed by atoms with Gasteiger partial charge in [0, 0.05) is 56.4 Å². The highest BCUT2D eigenvalue weighted by atomic mass is 16.2. The smallest absolute Gasteiger partial charge is 0.327 e. The highest BCUT2D eigenvalue weighted by Gasteiger charge is 2.57. The van der Waals surface area contributed by atoms with Gasteiger partial charge < -0.3 is 14.8 Å². The molecule has 2 fully saturated rings. The summed E-state index contributed by atoms with van der Waals surface area (Å²) < 4.78 is 0. The van der Waals surface area contributed by atoms with Crippen LogP contribution >= 0.6 is 0 Å². The number of nitrogens with zero attached hydrogens (tertiary/aromatic N) is 4.